The van der Waals surface area contributed by atoms with Gasteiger partial charge in [-0.2, -0.15) is 0 Å². The number of benzene rings is 1. The summed E-state index contributed by atoms with van der Waals surface area (Å²) in [6, 6.07) is 3.99. The van der Waals surface area contributed by atoms with Gasteiger partial charge in [-0.1, -0.05) is 0 Å². The number of hydrogen-bond donors (Lipinski definition) is 2. The van der Waals surface area contributed by atoms with Crippen LogP contribution >= 0.6 is 27.3 Å². The lowest BCUT2D eigenvalue weighted by molar-refractivity contribution is 0.173. The minimum absolute atomic E-state index is 0.265. The Bertz CT molecular complexity index is 756. The maximum Gasteiger partial charge on any atom is 0.231 e. The first-order valence-corrected chi connectivity index (χ1v) is 9.13. The van der Waals surface area contributed by atoms with Crippen LogP contribution in [0.15, 0.2) is 21.6 Å². The van der Waals surface area contributed by atoms with Gasteiger partial charge in [0.1, 0.15) is 5.01 Å². The number of nitrogens with one attached hydrogen (secondary N) is 2. The van der Waals surface area contributed by atoms with E-state index in [2.05, 4.69) is 43.5 Å². The number of nitrogens with zero attached hydrogens (tertiary/aromatic N) is 2. The van der Waals surface area contributed by atoms with E-state index < -0.39 is 0 Å². The van der Waals surface area contributed by atoms with Gasteiger partial charge in [-0.15, -0.1) is 11.3 Å². The fourth-order valence-corrected chi connectivity index (χ4v) is 3.78. The largest absolute Gasteiger partial charge is 0.454 e. The molecular weight excluding hydrogens is 392 g/mol. The Labute approximate surface area is 153 Å². The minimum Gasteiger partial charge on any atom is -0.454 e. The Morgan fingerprint density at radius 1 is 1.29 bits per heavy atom. The first kappa shape index (κ1) is 17.0. The number of guanidine groups is 1. The predicted molar refractivity (Wildman–Crippen MR) is 98.9 cm³/mol. The van der Waals surface area contributed by atoms with Crippen molar-refractivity contribution in [2.75, 3.05) is 13.8 Å². The highest BCUT2D eigenvalue weighted by Gasteiger charge is 2.18. The number of aryl methyl sites for hydroxylation is 2. The normalized spacial score (nSPS) is 13.2. The summed E-state index contributed by atoms with van der Waals surface area (Å²) < 4.78 is 11.7. The average Bonchev–Trinajstić information content (AvgIpc) is 3.15. The van der Waals surface area contributed by atoms with Crippen molar-refractivity contribution >= 4 is 33.2 Å². The van der Waals surface area contributed by atoms with Crippen LogP contribution in [-0.4, -0.2) is 24.8 Å². The molecule has 24 heavy (non-hydrogen) atoms. The van der Waals surface area contributed by atoms with Crippen LogP contribution in [0, 0.1) is 13.8 Å². The molecule has 1 aliphatic rings. The maximum absolute atomic E-state index is 5.44. The van der Waals surface area contributed by atoms with E-state index in [1.165, 1.54) is 4.88 Å². The summed E-state index contributed by atoms with van der Waals surface area (Å²) in [5.41, 5.74) is 2.17. The molecule has 1 aromatic heterocycles. The van der Waals surface area contributed by atoms with Crippen molar-refractivity contribution < 1.29 is 9.47 Å². The Balaban J connectivity index is 1.57. The van der Waals surface area contributed by atoms with Gasteiger partial charge in [0.15, 0.2) is 17.5 Å². The molecule has 2 aromatic rings. The number of thiazole rings is 1. The van der Waals surface area contributed by atoms with Crippen LogP contribution in [0.1, 0.15) is 21.1 Å². The number of aliphatic imine (C=N–C) groups is 1. The molecule has 0 amide bonds. The number of ether oxygens (including phenoxy) is 2. The molecule has 0 aliphatic carbocycles. The van der Waals surface area contributed by atoms with E-state index in [-0.39, 0.29) is 6.79 Å². The molecule has 8 heteroatoms. The third-order valence-electron chi connectivity index (χ3n) is 3.65. The van der Waals surface area contributed by atoms with E-state index in [9.17, 15) is 0 Å². The topological polar surface area (TPSA) is 67.8 Å². The summed E-state index contributed by atoms with van der Waals surface area (Å²) in [6.45, 7) is 5.66. The van der Waals surface area contributed by atoms with Crippen molar-refractivity contribution in [2.45, 2.75) is 26.9 Å². The van der Waals surface area contributed by atoms with Crippen molar-refractivity contribution in [3.8, 4) is 11.5 Å². The molecule has 2 heterocycles. The Hall–Kier alpha value is -1.80. The van der Waals surface area contributed by atoms with E-state index in [4.69, 9.17) is 9.47 Å². The van der Waals surface area contributed by atoms with Gasteiger partial charge in [-0.05, 0) is 47.5 Å². The molecule has 0 saturated heterocycles. The van der Waals surface area contributed by atoms with E-state index in [0.29, 0.717) is 13.1 Å². The molecule has 3 rings (SSSR count). The molecule has 128 valence electrons. The lowest BCUT2D eigenvalue weighted by Gasteiger charge is -2.12. The highest BCUT2D eigenvalue weighted by molar-refractivity contribution is 9.10. The molecular formula is C16H19BrN4O2S. The zero-order valence-corrected chi connectivity index (χ0v) is 16.2. The zero-order chi connectivity index (χ0) is 17.1. The standard InChI is InChI=1S/C16H19BrN4O2S/c1-9-10(2)24-14(21-9)7-20-16(18-3)19-6-11-4-12(17)15-13(5-11)22-8-23-15/h4-5H,6-8H2,1-3H3,(H2,18,19,20). The Morgan fingerprint density at radius 2 is 2.08 bits per heavy atom. The first-order chi connectivity index (χ1) is 11.6. The molecule has 0 atom stereocenters. The van der Waals surface area contributed by atoms with Gasteiger partial charge in [0.25, 0.3) is 0 Å². The smallest absolute Gasteiger partial charge is 0.231 e. The van der Waals surface area contributed by atoms with Gasteiger partial charge >= 0.3 is 0 Å². The average molecular weight is 411 g/mol. The van der Waals surface area contributed by atoms with Gasteiger partial charge in [0, 0.05) is 18.5 Å². The summed E-state index contributed by atoms with van der Waals surface area (Å²) in [4.78, 5) is 10.0. The fraction of sp³-hybridized carbons (Fsp3) is 0.375. The fourth-order valence-electron chi connectivity index (χ4n) is 2.30. The zero-order valence-electron chi connectivity index (χ0n) is 13.8. The molecule has 6 nitrogen and oxygen atoms in total. The summed E-state index contributed by atoms with van der Waals surface area (Å²) in [5.74, 6) is 2.25. The second-order valence-electron chi connectivity index (χ2n) is 5.34. The van der Waals surface area contributed by atoms with Crippen molar-refractivity contribution in [3.63, 3.8) is 0 Å². The van der Waals surface area contributed by atoms with Crippen LogP contribution in [0.3, 0.4) is 0 Å². The molecule has 0 unspecified atom stereocenters. The summed E-state index contributed by atoms with van der Waals surface area (Å²) in [7, 11) is 1.75. The monoisotopic (exact) mass is 410 g/mol. The van der Waals surface area contributed by atoms with Crippen LogP contribution < -0.4 is 20.1 Å². The third-order valence-corrected chi connectivity index (χ3v) is 5.31. The number of rotatable bonds is 4. The Morgan fingerprint density at radius 3 is 2.79 bits per heavy atom. The highest BCUT2D eigenvalue weighted by atomic mass is 79.9. The summed E-state index contributed by atoms with van der Waals surface area (Å²) in [5, 5.41) is 7.63. The van der Waals surface area contributed by atoms with Crippen molar-refractivity contribution in [3.05, 3.63) is 37.7 Å². The van der Waals surface area contributed by atoms with Crippen LogP contribution in [0.5, 0.6) is 11.5 Å². The number of aromatic nitrogens is 1. The SMILES string of the molecule is CN=C(NCc1cc(Br)c2c(c1)OCO2)NCc1nc(C)c(C)s1. The molecule has 1 aromatic carbocycles. The quantitative estimate of drug-likeness (QED) is 0.598. The molecule has 0 fully saturated rings. The lowest BCUT2D eigenvalue weighted by atomic mass is 10.2. The van der Waals surface area contributed by atoms with Crippen molar-refractivity contribution in [1.29, 1.82) is 0 Å². The van der Waals surface area contributed by atoms with Gasteiger partial charge in [-0.3, -0.25) is 4.99 Å². The second-order valence-corrected chi connectivity index (χ2v) is 7.48. The van der Waals surface area contributed by atoms with Crippen molar-refractivity contribution in [2.24, 2.45) is 4.99 Å². The lowest BCUT2D eigenvalue weighted by Crippen LogP contribution is -2.36. The first-order valence-electron chi connectivity index (χ1n) is 7.52. The van der Waals surface area contributed by atoms with Crippen LogP contribution in [-0.2, 0) is 13.1 Å². The predicted octanol–water partition coefficient (Wildman–Crippen LogP) is 3.12. The maximum atomic E-state index is 5.44. The summed E-state index contributed by atoms with van der Waals surface area (Å²) in [6.07, 6.45) is 0. The molecule has 0 spiro atoms. The van der Waals surface area contributed by atoms with Crippen LogP contribution in [0.25, 0.3) is 0 Å². The molecule has 0 bridgehead atoms. The third kappa shape index (κ3) is 3.81. The van der Waals surface area contributed by atoms with Gasteiger partial charge < -0.3 is 20.1 Å². The summed E-state index contributed by atoms with van der Waals surface area (Å²) >= 11 is 5.21. The Kier molecular flexibility index (Phi) is 5.25. The van der Waals surface area contributed by atoms with E-state index in [1.807, 2.05) is 19.1 Å². The molecule has 0 saturated carbocycles. The molecule has 2 N–H and O–H groups in total. The van der Waals surface area contributed by atoms with Crippen LogP contribution in [0.4, 0.5) is 0 Å². The number of halogens is 1. The van der Waals surface area contributed by atoms with Gasteiger partial charge in [-0.25, -0.2) is 4.98 Å². The van der Waals surface area contributed by atoms with Crippen molar-refractivity contribution in [1.82, 2.24) is 15.6 Å². The number of hydrogen-bond acceptors (Lipinski definition) is 5. The molecule has 1 aliphatic heterocycles. The number of fused-ring (bicyclic) bond motifs is 1. The second kappa shape index (κ2) is 7.40. The van der Waals surface area contributed by atoms with Gasteiger partial charge in [0.05, 0.1) is 16.7 Å². The van der Waals surface area contributed by atoms with E-state index in [1.54, 1.807) is 18.4 Å². The van der Waals surface area contributed by atoms with E-state index >= 15 is 0 Å². The molecule has 0 radical (unpaired) electrons. The van der Waals surface area contributed by atoms with E-state index in [0.717, 1.165) is 38.2 Å². The van der Waals surface area contributed by atoms with Crippen LogP contribution in [0.2, 0.25) is 0 Å². The van der Waals surface area contributed by atoms with Gasteiger partial charge in [0.2, 0.25) is 6.79 Å². The minimum atomic E-state index is 0.265. The highest BCUT2D eigenvalue weighted by Crippen LogP contribution is 2.39.